The predicted octanol–water partition coefficient (Wildman–Crippen LogP) is 5.07. The highest BCUT2D eigenvalue weighted by Crippen LogP contribution is 2.45. The zero-order chi connectivity index (χ0) is 15.1. The highest BCUT2D eigenvalue weighted by Gasteiger charge is 2.36. The summed E-state index contributed by atoms with van der Waals surface area (Å²) in [5.41, 5.74) is 0.438. The first-order chi connectivity index (χ1) is 9.07. The van der Waals surface area contributed by atoms with Crippen molar-refractivity contribution in [2.75, 3.05) is 11.4 Å². The molecule has 5 heteroatoms. The number of hydrogen-bond donors (Lipinski definition) is 0. The molecule has 1 amide bonds. The number of thioether (sulfide) groups is 1. The molecule has 0 aromatic heterocycles. The average molecular weight is 358 g/mol. The topological polar surface area (TPSA) is 29.5 Å². The normalized spacial score (nSPS) is 17.6. The molecule has 0 saturated heterocycles. The molecular weight excluding hydrogens is 338 g/mol. The van der Waals surface area contributed by atoms with Crippen molar-refractivity contribution in [1.29, 1.82) is 0 Å². The van der Waals surface area contributed by atoms with E-state index in [0.29, 0.717) is 6.54 Å². The zero-order valence-corrected chi connectivity index (χ0v) is 14.9. The van der Waals surface area contributed by atoms with Crippen molar-refractivity contribution < 1.29 is 9.53 Å². The number of carbonyl (C=O) groups is 1. The number of rotatable bonds is 0. The summed E-state index contributed by atoms with van der Waals surface area (Å²) in [6.45, 7) is 10.6. The van der Waals surface area contributed by atoms with E-state index in [4.69, 9.17) is 4.74 Å². The molecule has 0 radical (unpaired) electrons. The van der Waals surface area contributed by atoms with Crippen molar-refractivity contribution in [1.82, 2.24) is 0 Å². The monoisotopic (exact) mass is 357 g/mol. The van der Waals surface area contributed by atoms with Gasteiger partial charge in [-0.05, 0) is 52.8 Å². The number of fused-ring (bicyclic) bond motifs is 1. The maximum Gasteiger partial charge on any atom is 0.414 e. The lowest BCUT2D eigenvalue weighted by molar-refractivity contribution is 0.0576. The molecule has 1 aliphatic rings. The Balaban J connectivity index is 2.37. The van der Waals surface area contributed by atoms with Crippen molar-refractivity contribution in [3.8, 4) is 0 Å². The van der Waals surface area contributed by atoms with Gasteiger partial charge in [0.2, 0.25) is 0 Å². The molecule has 1 aliphatic heterocycles. The SMILES string of the molecule is CC(C)(C)OC(=O)N1CC(C)(C)Sc2cc(Br)ccc21. The van der Waals surface area contributed by atoms with Crippen LogP contribution in [0.5, 0.6) is 0 Å². The molecule has 0 aliphatic carbocycles. The van der Waals surface area contributed by atoms with Gasteiger partial charge in [0.25, 0.3) is 0 Å². The van der Waals surface area contributed by atoms with Crippen LogP contribution < -0.4 is 4.90 Å². The minimum atomic E-state index is -0.485. The van der Waals surface area contributed by atoms with E-state index >= 15 is 0 Å². The van der Waals surface area contributed by atoms with Crippen LogP contribution in [0.2, 0.25) is 0 Å². The fraction of sp³-hybridized carbons (Fsp3) is 0.533. The molecule has 0 fully saturated rings. The van der Waals surface area contributed by atoms with Crippen LogP contribution in [0.3, 0.4) is 0 Å². The van der Waals surface area contributed by atoms with Gasteiger partial charge in [0, 0.05) is 20.7 Å². The Labute approximate surface area is 133 Å². The average Bonchev–Trinajstić information content (AvgIpc) is 2.23. The summed E-state index contributed by atoms with van der Waals surface area (Å²) in [5, 5.41) is 0. The van der Waals surface area contributed by atoms with Gasteiger partial charge in [0.15, 0.2) is 0 Å². The Hall–Kier alpha value is -0.680. The molecule has 0 atom stereocenters. The molecule has 110 valence electrons. The molecule has 1 aromatic carbocycles. The summed E-state index contributed by atoms with van der Waals surface area (Å²) < 4.78 is 6.51. The van der Waals surface area contributed by atoms with Gasteiger partial charge in [0.1, 0.15) is 5.60 Å². The van der Waals surface area contributed by atoms with Crippen LogP contribution in [-0.2, 0) is 4.74 Å². The Morgan fingerprint density at radius 1 is 1.40 bits per heavy atom. The molecule has 0 saturated carbocycles. The fourth-order valence-corrected chi connectivity index (χ4v) is 3.84. The first-order valence-corrected chi connectivity index (χ1v) is 8.17. The fourth-order valence-electron chi connectivity index (χ4n) is 2.07. The van der Waals surface area contributed by atoms with Gasteiger partial charge < -0.3 is 4.74 Å². The lowest BCUT2D eigenvalue weighted by Gasteiger charge is -2.39. The van der Waals surface area contributed by atoms with Crippen molar-refractivity contribution in [2.24, 2.45) is 0 Å². The first kappa shape index (κ1) is 15.7. The van der Waals surface area contributed by atoms with Gasteiger partial charge in [-0.25, -0.2) is 4.79 Å². The smallest absolute Gasteiger partial charge is 0.414 e. The van der Waals surface area contributed by atoms with E-state index < -0.39 is 5.60 Å². The highest BCUT2D eigenvalue weighted by molar-refractivity contribution is 9.10. The van der Waals surface area contributed by atoms with Gasteiger partial charge in [-0.15, -0.1) is 11.8 Å². The van der Waals surface area contributed by atoms with Crippen LogP contribution in [0.15, 0.2) is 27.6 Å². The Morgan fingerprint density at radius 2 is 2.05 bits per heavy atom. The van der Waals surface area contributed by atoms with E-state index in [2.05, 4.69) is 35.8 Å². The number of carbonyl (C=O) groups excluding carboxylic acids is 1. The Kier molecular flexibility index (Phi) is 4.13. The van der Waals surface area contributed by atoms with Gasteiger partial charge in [-0.1, -0.05) is 15.9 Å². The summed E-state index contributed by atoms with van der Waals surface area (Å²) in [7, 11) is 0. The van der Waals surface area contributed by atoms with Crippen LogP contribution in [0.4, 0.5) is 10.5 Å². The molecule has 20 heavy (non-hydrogen) atoms. The van der Waals surface area contributed by atoms with E-state index in [9.17, 15) is 4.79 Å². The number of benzene rings is 1. The second kappa shape index (κ2) is 5.26. The molecule has 0 spiro atoms. The van der Waals surface area contributed by atoms with Gasteiger partial charge in [-0.2, -0.15) is 0 Å². The molecule has 2 rings (SSSR count). The van der Waals surface area contributed by atoms with Gasteiger partial charge in [0.05, 0.1) is 5.69 Å². The zero-order valence-electron chi connectivity index (χ0n) is 12.5. The number of ether oxygens (including phenoxy) is 1. The Bertz CT molecular complexity index is 537. The summed E-state index contributed by atoms with van der Waals surface area (Å²) in [6, 6.07) is 5.97. The number of nitrogens with zero attached hydrogens (tertiary/aromatic N) is 1. The highest BCUT2D eigenvalue weighted by atomic mass is 79.9. The second-order valence-electron chi connectivity index (χ2n) is 6.54. The minimum absolute atomic E-state index is 0.0370. The Morgan fingerprint density at radius 3 is 2.65 bits per heavy atom. The molecule has 0 N–H and O–H groups in total. The third kappa shape index (κ3) is 3.70. The lowest BCUT2D eigenvalue weighted by atomic mass is 10.1. The quantitative estimate of drug-likeness (QED) is 0.648. The maximum absolute atomic E-state index is 12.4. The van der Waals surface area contributed by atoms with Crippen LogP contribution in [0.25, 0.3) is 0 Å². The van der Waals surface area contributed by atoms with Crippen LogP contribution in [-0.4, -0.2) is 23.0 Å². The summed E-state index contributed by atoms with van der Waals surface area (Å²) >= 11 is 5.27. The van der Waals surface area contributed by atoms with Crippen molar-refractivity contribution >= 4 is 39.5 Å². The van der Waals surface area contributed by atoms with Gasteiger partial charge >= 0.3 is 6.09 Å². The van der Waals surface area contributed by atoms with Crippen molar-refractivity contribution in [3.05, 3.63) is 22.7 Å². The largest absolute Gasteiger partial charge is 0.443 e. The van der Waals surface area contributed by atoms with Crippen molar-refractivity contribution in [3.63, 3.8) is 0 Å². The number of halogens is 1. The third-order valence-corrected chi connectivity index (χ3v) is 4.47. The number of hydrogen-bond acceptors (Lipinski definition) is 3. The number of anilines is 1. The van der Waals surface area contributed by atoms with E-state index in [1.54, 1.807) is 16.7 Å². The summed E-state index contributed by atoms with van der Waals surface area (Å²) in [6.07, 6.45) is -0.283. The standard InChI is InChI=1S/C15H20BrNO2S/c1-14(2,3)19-13(18)17-9-15(4,5)20-12-8-10(16)6-7-11(12)17/h6-8H,9H2,1-5H3. The number of amides is 1. The van der Waals surface area contributed by atoms with E-state index in [0.717, 1.165) is 15.1 Å². The first-order valence-electron chi connectivity index (χ1n) is 6.56. The summed E-state index contributed by atoms with van der Waals surface area (Å²) in [5.74, 6) is 0. The molecule has 1 heterocycles. The molecule has 1 aromatic rings. The van der Waals surface area contributed by atoms with Crippen LogP contribution in [0, 0.1) is 0 Å². The van der Waals surface area contributed by atoms with Gasteiger partial charge in [-0.3, -0.25) is 4.90 Å². The molecule has 0 bridgehead atoms. The van der Waals surface area contributed by atoms with E-state index in [1.165, 1.54) is 0 Å². The molecular formula is C15H20BrNO2S. The van der Waals surface area contributed by atoms with E-state index in [-0.39, 0.29) is 10.8 Å². The van der Waals surface area contributed by atoms with Crippen LogP contribution in [0.1, 0.15) is 34.6 Å². The second-order valence-corrected chi connectivity index (χ2v) is 9.21. The third-order valence-electron chi connectivity index (χ3n) is 2.75. The molecule has 0 unspecified atom stereocenters. The lowest BCUT2D eigenvalue weighted by Crippen LogP contribution is -2.46. The van der Waals surface area contributed by atoms with E-state index in [1.807, 2.05) is 32.9 Å². The summed E-state index contributed by atoms with van der Waals surface area (Å²) in [4.78, 5) is 15.3. The minimum Gasteiger partial charge on any atom is -0.443 e. The molecule has 3 nitrogen and oxygen atoms in total. The van der Waals surface area contributed by atoms with Crippen molar-refractivity contribution in [2.45, 2.75) is 49.9 Å². The predicted molar refractivity (Wildman–Crippen MR) is 87.7 cm³/mol. The van der Waals surface area contributed by atoms with Crippen LogP contribution >= 0.6 is 27.7 Å². The maximum atomic E-state index is 12.4.